The molecule has 0 bridgehead atoms. The molecule has 0 aliphatic carbocycles. The molecule has 0 saturated carbocycles. The highest BCUT2D eigenvalue weighted by molar-refractivity contribution is 7.99. The lowest BCUT2D eigenvalue weighted by Crippen LogP contribution is -2.45. The van der Waals surface area contributed by atoms with Gasteiger partial charge in [-0.3, -0.25) is 14.4 Å². The lowest BCUT2D eigenvalue weighted by Gasteiger charge is -2.43. The van der Waals surface area contributed by atoms with Crippen molar-refractivity contribution in [3.63, 3.8) is 0 Å². The highest BCUT2D eigenvalue weighted by Crippen LogP contribution is 2.39. The third kappa shape index (κ3) is 6.70. The third-order valence-electron chi connectivity index (χ3n) is 5.69. The van der Waals surface area contributed by atoms with Crippen LogP contribution in [0, 0.1) is 17.8 Å². The van der Waals surface area contributed by atoms with Crippen LogP contribution in [-0.2, 0) is 33.5 Å². The summed E-state index contributed by atoms with van der Waals surface area (Å²) >= 11 is 1.70. The number of ether oxygens (including phenoxy) is 2. The van der Waals surface area contributed by atoms with Crippen LogP contribution in [0.3, 0.4) is 0 Å². The number of unbranched alkanes of at least 4 members (excludes halogenated alkanes) is 1. The molecule has 0 radical (unpaired) electrons. The van der Waals surface area contributed by atoms with Crippen LogP contribution in [0.5, 0.6) is 0 Å². The van der Waals surface area contributed by atoms with Gasteiger partial charge in [-0.05, 0) is 36.3 Å². The first-order valence-corrected chi connectivity index (χ1v) is 11.2. The van der Waals surface area contributed by atoms with Crippen LogP contribution in [0.15, 0.2) is 0 Å². The SMILES string of the molecule is CC(=O)OCC1OC(SCCCCC(=O)ON2C(=O)CCC2=O)C(C)C(C)C1C. The molecule has 2 rings (SSSR count). The summed E-state index contributed by atoms with van der Waals surface area (Å²) < 4.78 is 11.3. The Hall–Kier alpha value is -1.61. The van der Waals surface area contributed by atoms with E-state index in [9.17, 15) is 19.2 Å². The minimum absolute atomic E-state index is 0.00792. The predicted molar refractivity (Wildman–Crippen MR) is 106 cm³/mol. The highest BCUT2D eigenvalue weighted by Gasteiger charge is 2.39. The van der Waals surface area contributed by atoms with Gasteiger partial charge in [0.15, 0.2) is 0 Å². The third-order valence-corrected chi connectivity index (χ3v) is 7.08. The Morgan fingerprint density at radius 2 is 1.72 bits per heavy atom. The maximum atomic E-state index is 11.8. The lowest BCUT2D eigenvalue weighted by molar-refractivity contribution is -0.197. The molecule has 0 aromatic carbocycles. The van der Waals surface area contributed by atoms with Gasteiger partial charge in [0, 0.05) is 26.2 Å². The molecule has 2 heterocycles. The minimum atomic E-state index is -0.565. The topological polar surface area (TPSA) is 99.2 Å². The number of carbonyl (C=O) groups excluding carboxylic acids is 4. The number of thioether (sulfide) groups is 1. The van der Waals surface area contributed by atoms with Crippen LogP contribution in [-0.4, -0.2) is 52.7 Å². The maximum Gasteiger partial charge on any atom is 0.333 e. The Balaban J connectivity index is 1.69. The van der Waals surface area contributed by atoms with Crippen LogP contribution >= 0.6 is 11.8 Å². The van der Waals surface area contributed by atoms with Crippen molar-refractivity contribution >= 4 is 35.5 Å². The molecule has 9 heteroatoms. The van der Waals surface area contributed by atoms with Gasteiger partial charge in [0.2, 0.25) is 0 Å². The monoisotopic (exact) mass is 429 g/mol. The van der Waals surface area contributed by atoms with Gasteiger partial charge in [-0.15, -0.1) is 16.8 Å². The number of hydrogen-bond acceptors (Lipinski definition) is 8. The fraction of sp³-hybridized carbons (Fsp3) is 0.800. The molecule has 0 N–H and O–H groups in total. The molecular weight excluding hydrogens is 398 g/mol. The predicted octanol–water partition coefficient (Wildman–Crippen LogP) is 2.69. The molecule has 8 nitrogen and oxygen atoms in total. The van der Waals surface area contributed by atoms with E-state index in [0.29, 0.717) is 29.2 Å². The van der Waals surface area contributed by atoms with E-state index in [1.165, 1.54) is 6.92 Å². The number of rotatable bonds is 9. The molecule has 2 aliphatic heterocycles. The van der Waals surface area contributed by atoms with E-state index in [4.69, 9.17) is 14.3 Å². The summed E-state index contributed by atoms with van der Waals surface area (Å²) in [6.45, 7) is 8.15. The van der Waals surface area contributed by atoms with E-state index in [1.54, 1.807) is 11.8 Å². The van der Waals surface area contributed by atoms with Gasteiger partial charge in [0.1, 0.15) is 12.0 Å². The molecule has 0 aromatic rings. The zero-order valence-electron chi connectivity index (χ0n) is 17.5. The Morgan fingerprint density at radius 1 is 1.07 bits per heavy atom. The summed E-state index contributed by atoms with van der Waals surface area (Å²) in [6, 6.07) is 0. The lowest BCUT2D eigenvalue weighted by atomic mass is 9.80. The van der Waals surface area contributed by atoms with Crippen molar-refractivity contribution in [3.05, 3.63) is 0 Å². The standard InChI is InChI=1S/C20H31NO7S/c1-12-13(2)16(11-26-15(4)22)27-20(14(12)3)29-10-6-5-7-19(25)28-21-17(23)8-9-18(21)24/h12-14,16,20H,5-11H2,1-4H3. The highest BCUT2D eigenvalue weighted by atomic mass is 32.2. The molecule has 2 aliphatic rings. The molecule has 0 aromatic heterocycles. The average Bonchev–Trinajstić information content (AvgIpc) is 2.98. The van der Waals surface area contributed by atoms with Gasteiger partial charge in [0.25, 0.3) is 11.8 Å². The average molecular weight is 430 g/mol. The van der Waals surface area contributed by atoms with Crippen LogP contribution in [0.1, 0.15) is 59.8 Å². The fourth-order valence-corrected chi connectivity index (χ4v) is 4.82. The molecule has 29 heavy (non-hydrogen) atoms. The molecular formula is C20H31NO7S. The van der Waals surface area contributed by atoms with Crippen LogP contribution < -0.4 is 0 Å². The number of hydroxylamine groups is 2. The minimum Gasteiger partial charge on any atom is -0.463 e. The fourth-order valence-electron chi connectivity index (χ4n) is 3.44. The Kier molecular flexibility index (Phi) is 8.95. The molecule has 0 spiro atoms. The summed E-state index contributed by atoms with van der Waals surface area (Å²) in [4.78, 5) is 50.7. The van der Waals surface area contributed by atoms with E-state index in [2.05, 4.69) is 20.8 Å². The normalized spacial score (nSPS) is 29.8. The van der Waals surface area contributed by atoms with Crippen molar-refractivity contribution in [3.8, 4) is 0 Å². The van der Waals surface area contributed by atoms with Gasteiger partial charge in [-0.2, -0.15) is 0 Å². The molecule has 2 amide bonds. The molecule has 2 fully saturated rings. The van der Waals surface area contributed by atoms with E-state index >= 15 is 0 Å². The summed E-state index contributed by atoms with van der Waals surface area (Å²) in [5.41, 5.74) is 0.00792. The smallest absolute Gasteiger partial charge is 0.333 e. The Labute approximate surface area is 175 Å². The van der Waals surface area contributed by atoms with E-state index < -0.39 is 17.8 Å². The number of carbonyl (C=O) groups is 4. The number of hydrogen-bond donors (Lipinski definition) is 0. The van der Waals surface area contributed by atoms with Crippen molar-refractivity contribution in [2.75, 3.05) is 12.4 Å². The second-order valence-electron chi connectivity index (χ2n) is 7.80. The van der Waals surface area contributed by atoms with Gasteiger partial charge in [0.05, 0.1) is 6.10 Å². The first kappa shape index (κ1) is 23.7. The molecule has 5 unspecified atom stereocenters. The van der Waals surface area contributed by atoms with Crippen LogP contribution in [0.2, 0.25) is 0 Å². The van der Waals surface area contributed by atoms with Gasteiger partial charge in [-0.25, -0.2) is 4.79 Å². The van der Waals surface area contributed by atoms with E-state index in [0.717, 1.165) is 12.2 Å². The van der Waals surface area contributed by atoms with Crippen LogP contribution in [0.4, 0.5) is 0 Å². The van der Waals surface area contributed by atoms with Crippen molar-refractivity contribution in [2.24, 2.45) is 17.8 Å². The van der Waals surface area contributed by atoms with Crippen LogP contribution in [0.25, 0.3) is 0 Å². The summed E-state index contributed by atoms with van der Waals surface area (Å²) in [6.07, 6.45) is 1.61. The zero-order chi connectivity index (χ0) is 21.6. The quantitative estimate of drug-likeness (QED) is 0.313. The molecule has 164 valence electrons. The second-order valence-corrected chi connectivity index (χ2v) is 9.00. The first-order chi connectivity index (χ1) is 13.7. The van der Waals surface area contributed by atoms with Gasteiger partial charge >= 0.3 is 11.9 Å². The van der Waals surface area contributed by atoms with Crippen molar-refractivity contribution in [1.82, 2.24) is 5.06 Å². The number of esters is 1. The Morgan fingerprint density at radius 3 is 2.34 bits per heavy atom. The second kappa shape index (κ2) is 11.0. The Bertz CT molecular complexity index is 610. The zero-order valence-corrected chi connectivity index (χ0v) is 18.4. The molecule has 2 saturated heterocycles. The van der Waals surface area contributed by atoms with Crippen molar-refractivity contribution in [1.29, 1.82) is 0 Å². The molecule has 5 atom stereocenters. The maximum absolute atomic E-state index is 11.8. The van der Waals surface area contributed by atoms with Crippen molar-refractivity contribution < 1.29 is 33.5 Å². The van der Waals surface area contributed by atoms with E-state index in [1.807, 2.05) is 0 Å². The first-order valence-electron chi connectivity index (χ1n) is 10.2. The van der Waals surface area contributed by atoms with Crippen molar-refractivity contribution in [2.45, 2.75) is 71.3 Å². The van der Waals surface area contributed by atoms with Gasteiger partial charge < -0.3 is 14.3 Å². The number of imide groups is 1. The van der Waals surface area contributed by atoms with Gasteiger partial charge in [-0.1, -0.05) is 20.8 Å². The summed E-state index contributed by atoms with van der Waals surface area (Å²) in [5.74, 6) is 0.110. The summed E-state index contributed by atoms with van der Waals surface area (Å²) in [5, 5.41) is 0.584. The summed E-state index contributed by atoms with van der Waals surface area (Å²) in [7, 11) is 0. The number of amides is 2. The largest absolute Gasteiger partial charge is 0.463 e. The number of nitrogens with zero attached hydrogens (tertiary/aromatic N) is 1. The van der Waals surface area contributed by atoms with E-state index in [-0.39, 0.29) is 43.4 Å².